The average molecular weight is 469 g/mol. The van der Waals surface area contributed by atoms with Crippen LogP contribution in [0.5, 0.6) is 0 Å². The Morgan fingerprint density at radius 1 is 1.15 bits per heavy atom. The van der Waals surface area contributed by atoms with Crippen LogP contribution in [-0.4, -0.2) is 48.0 Å². The number of benzene rings is 1. The van der Waals surface area contributed by atoms with Gasteiger partial charge in [0.2, 0.25) is 5.91 Å². The average Bonchev–Trinajstić information content (AvgIpc) is 3.14. The van der Waals surface area contributed by atoms with Crippen molar-refractivity contribution in [1.82, 2.24) is 19.0 Å². The number of aromatic nitrogens is 2. The summed E-state index contributed by atoms with van der Waals surface area (Å²) in [5.41, 5.74) is 4.56. The third kappa shape index (κ3) is 4.65. The maximum Gasteiger partial charge on any atom is 0.279 e. The molecule has 4 N–H and O–H groups in total. The summed E-state index contributed by atoms with van der Waals surface area (Å²) in [6.45, 7) is 3.11. The zero-order chi connectivity index (χ0) is 23.8. The summed E-state index contributed by atoms with van der Waals surface area (Å²) in [4.78, 5) is 32.0. The van der Waals surface area contributed by atoms with E-state index in [9.17, 15) is 18.0 Å². The predicted octanol–water partition coefficient (Wildman–Crippen LogP) is 2.55. The van der Waals surface area contributed by atoms with Crippen LogP contribution in [0.4, 0.5) is 17.2 Å². The number of fused-ring (bicyclic) bond motifs is 1. The molecule has 0 saturated heterocycles. The van der Waals surface area contributed by atoms with E-state index >= 15 is 0 Å². The minimum atomic E-state index is -3.78. The van der Waals surface area contributed by atoms with Crippen molar-refractivity contribution in [1.29, 1.82) is 0 Å². The van der Waals surface area contributed by atoms with Gasteiger partial charge < -0.3 is 15.6 Å². The first-order chi connectivity index (χ1) is 15.7. The molecule has 3 aromatic rings. The highest BCUT2D eigenvalue weighted by molar-refractivity contribution is 7.87. The van der Waals surface area contributed by atoms with Crippen molar-refractivity contribution in [2.45, 2.75) is 20.4 Å². The summed E-state index contributed by atoms with van der Waals surface area (Å²) < 4.78 is 28.0. The number of Topliss-reactive ketones (excluding diaryl/α,β-unsaturated/α-hetero) is 1. The highest BCUT2D eigenvalue weighted by Gasteiger charge is 2.35. The third-order valence-electron chi connectivity index (χ3n) is 5.28. The van der Waals surface area contributed by atoms with E-state index in [0.717, 1.165) is 15.6 Å². The van der Waals surface area contributed by atoms with Crippen LogP contribution < -0.4 is 15.4 Å². The standard InChI is InChI=1S/C22H24N6O4S/c1-13-4-6-16(7-5-13)26-22-20-17(11-28(12-18(20)30)33(31,32)23-3)27-21(22)15-8-9-24-19(10-15)25-14(2)29/h4-10,23,26-27H,11-12H2,1-3H3,(H,24,25,29). The molecule has 0 bridgehead atoms. The summed E-state index contributed by atoms with van der Waals surface area (Å²) in [6, 6.07) is 11.1. The normalized spacial score (nSPS) is 14.1. The van der Waals surface area contributed by atoms with Gasteiger partial charge in [-0.2, -0.15) is 12.7 Å². The van der Waals surface area contributed by atoms with E-state index in [-0.39, 0.29) is 24.8 Å². The zero-order valence-corrected chi connectivity index (χ0v) is 19.2. The molecule has 0 saturated carbocycles. The van der Waals surface area contributed by atoms with Gasteiger partial charge in [-0.05, 0) is 31.2 Å². The van der Waals surface area contributed by atoms with Crippen LogP contribution in [0.3, 0.4) is 0 Å². The lowest BCUT2D eigenvalue weighted by atomic mass is 10.0. The second-order valence-corrected chi connectivity index (χ2v) is 9.61. The first-order valence-corrected chi connectivity index (χ1v) is 11.7. The van der Waals surface area contributed by atoms with Gasteiger partial charge in [0, 0.05) is 37.1 Å². The van der Waals surface area contributed by atoms with Gasteiger partial charge in [0.1, 0.15) is 5.82 Å². The monoisotopic (exact) mass is 468 g/mol. The Kier molecular flexibility index (Phi) is 6.02. The number of pyridine rings is 1. The smallest absolute Gasteiger partial charge is 0.279 e. The molecule has 0 radical (unpaired) electrons. The number of hydrogen-bond acceptors (Lipinski definition) is 6. The van der Waals surface area contributed by atoms with E-state index in [1.807, 2.05) is 31.2 Å². The molecule has 1 amide bonds. The SMILES string of the molecule is CNS(=O)(=O)N1CC(=O)c2c([nH]c(-c3ccnc(NC(C)=O)c3)c2Nc2ccc(C)cc2)C1. The van der Waals surface area contributed by atoms with Crippen LogP contribution in [-0.2, 0) is 21.5 Å². The topological polar surface area (TPSA) is 136 Å². The van der Waals surface area contributed by atoms with Crippen molar-refractivity contribution in [2.75, 3.05) is 24.2 Å². The van der Waals surface area contributed by atoms with E-state index in [1.54, 1.807) is 18.3 Å². The van der Waals surface area contributed by atoms with Crippen LogP contribution in [0.1, 0.15) is 28.5 Å². The molecule has 3 heterocycles. The van der Waals surface area contributed by atoms with Gasteiger partial charge in [0.15, 0.2) is 5.78 Å². The second kappa shape index (κ2) is 8.77. The van der Waals surface area contributed by atoms with Crippen LogP contribution in [0.15, 0.2) is 42.6 Å². The summed E-state index contributed by atoms with van der Waals surface area (Å²) in [5.74, 6) is -0.227. The molecule has 33 heavy (non-hydrogen) atoms. The lowest BCUT2D eigenvalue weighted by molar-refractivity contribution is -0.114. The van der Waals surface area contributed by atoms with Crippen molar-refractivity contribution in [3.63, 3.8) is 0 Å². The van der Waals surface area contributed by atoms with Gasteiger partial charge in [-0.1, -0.05) is 17.7 Å². The molecule has 11 heteroatoms. The molecule has 0 spiro atoms. The summed E-state index contributed by atoms with van der Waals surface area (Å²) >= 11 is 0. The molecule has 4 rings (SSSR count). The van der Waals surface area contributed by atoms with Crippen LogP contribution in [0.25, 0.3) is 11.3 Å². The number of rotatable bonds is 6. The van der Waals surface area contributed by atoms with Crippen molar-refractivity contribution in [3.8, 4) is 11.3 Å². The Hall–Kier alpha value is -3.54. The van der Waals surface area contributed by atoms with Crippen LogP contribution in [0, 0.1) is 6.92 Å². The molecule has 1 aliphatic rings. The molecule has 2 aromatic heterocycles. The Bertz CT molecular complexity index is 1330. The van der Waals surface area contributed by atoms with E-state index in [2.05, 4.69) is 25.3 Å². The molecule has 1 aromatic carbocycles. The zero-order valence-electron chi connectivity index (χ0n) is 18.4. The lowest BCUT2D eigenvalue weighted by Crippen LogP contribution is -2.44. The fourth-order valence-electron chi connectivity index (χ4n) is 3.71. The van der Waals surface area contributed by atoms with Crippen molar-refractivity contribution in [2.24, 2.45) is 0 Å². The number of aryl methyl sites for hydroxylation is 1. The lowest BCUT2D eigenvalue weighted by Gasteiger charge is -2.25. The largest absolute Gasteiger partial charge is 0.355 e. The van der Waals surface area contributed by atoms with Crippen molar-refractivity contribution in [3.05, 3.63) is 59.4 Å². The number of nitrogens with one attached hydrogen (secondary N) is 4. The number of aromatic amines is 1. The van der Waals surface area contributed by atoms with E-state index in [4.69, 9.17) is 0 Å². The first-order valence-electron chi connectivity index (χ1n) is 10.2. The summed E-state index contributed by atoms with van der Waals surface area (Å²) in [7, 11) is -2.48. The molecule has 10 nitrogen and oxygen atoms in total. The molecule has 172 valence electrons. The first kappa shape index (κ1) is 22.6. The Morgan fingerprint density at radius 3 is 2.55 bits per heavy atom. The third-order valence-corrected chi connectivity index (χ3v) is 6.74. The Morgan fingerprint density at radius 2 is 1.88 bits per heavy atom. The van der Waals surface area contributed by atoms with Gasteiger partial charge in [-0.15, -0.1) is 0 Å². The summed E-state index contributed by atoms with van der Waals surface area (Å²) in [6.07, 6.45) is 1.55. The van der Waals surface area contributed by atoms with Crippen LogP contribution >= 0.6 is 0 Å². The minimum absolute atomic E-state index is 0.0104. The van der Waals surface area contributed by atoms with E-state index in [0.29, 0.717) is 34.0 Å². The van der Waals surface area contributed by atoms with Crippen molar-refractivity contribution < 1.29 is 18.0 Å². The number of H-pyrrole nitrogens is 1. The number of anilines is 3. The predicted molar refractivity (Wildman–Crippen MR) is 126 cm³/mol. The highest BCUT2D eigenvalue weighted by Crippen LogP contribution is 2.38. The fourth-order valence-corrected chi connectivity index (χ4v) is 4.55. The second-order valence-electron chi connectivity index (χ2n) is 7.73. The fraction of sp³-hybridized carbons (Fsp3) is 0.227. The molecule has 0 unspecified atom stereocenters. The molecular formula is C22H24N6O4S. The maximum absolute atomic E-state index is 13.1. The molecular weight excluding hydrogens is 444 g/mol. The van der Waals surface area contributed by atoms with Crippen LogP contribution in [0.2, 0.25) is 0 Å². The number of ketones is 1. The molecule has 0 atom stereocenters. The number of amides is 1. The highest BCUT2D eigenvalue weighted by atomic mass is 32.2. The van der Waals surface area contributed by atoms with Gasteiger partial charge >= 0.3 is 0 Å². The Labute approximate surface area is 191 Å². The van der Waals surface area contributed by atoms with E-state index < -0.39 is 10.2 Å². The van der Waals surface area contributed by atoms with Crippen molar-refractivity contribution >= 4 is 39.1 Å². The molecule has 1 aliphatic heterocycles. The van der Waals surface area contributed by atoms with Gasteiger partial charge in [0.25, 0.3) is 10.2 Å². The Balaban J connectivity index is 1.84. The minimum Gasteiger partial charge on any atom is -0.355 e. The molecule has 0 aliphatic carbocycles. The summed E-state index contributed by atoms with van der Waals surface area (Å²) in [5, 5.41) is 5.97. The quantitative estimate of drug-likeness (QED) is 0.439. The number of nitrogens with zero attached hydrogens (tertiary/aromatic N) is 2. The maximum atomic E-state index is 13.1. The number of carbonyl (C=O) groups excluding carboxylic acids is 2. The van der Waals surface area contributed by atoms with Gasteiger partial charge in [0.05, 0.1) is 30.0 Å². The van der Waals surface area contributed by atoms with E-state index in [1.165, 1.54) is 14.0 Å². The van der Waals surface area contributed by atoms with Gasteiger partial charge in [-0.3, -0.25) is 9.59 Å². The molecule has 0 fully saturated rings. The number of carbonyl (C=O) groups is 2. The van der Waals surface area contributed by atoms with Gasteiger partial charge in [-0.25, -0.2) is 9.71 Å². The number of hydrogen-bond donors (Lipinski definition) is 4.